The monoisotopic (exact) mass is 177 g/mol. The predicted molar refractivity (Wildman–Crippen MR) is 50.2 cm³/mol. The van der Waals surface area contributed by atoms with Gasteiger partial charge < -0.3 is 4.74 Å². The molecular weight excluding hydrogens is 166 g/mol. The highest BCUT2D eigenvalue weighted by Crippen LogP contribution is 2.24. The molecule has 0 saturated carbocycles. The number of nitrogens with zero attached hydrogens (tertiary/aromatic N) is 1. The lowest BCUT2D eigenvalue weighted by atomic mass is 10.1. The second kappa shape index (κ2) is 4.43. The maximum Gasteiger partial charge on any atom is 0.240 e. The van der Waals surface area contributed by atoms with Crippen LogP contribution < -0.4 is 4.74 Å². The lowest BCUT2D eigenvalue weighted by Crippen LogP contribution is -1.89. The zero-order chi connectivity index (χ0) is 9.68. The molecule has 0 unspecified atom stereocenters. The van der Waals surface area contributed by atoms with Crippen molar-refractivity contribution in [2.75, 3.05) is 7.11 Å². The number of aliphatic imine (C=N–C) groups is 1. The van der Waals surface area contributed by atoms with Crippen LogP contribution in [0.2, 0.25) is 0 Å². The van der Waals surface area contributed by atoms with Gasteiger partial charge in [0.05, 0.1) is 12.8 Å². The molecule has 1 rings (SSSR count). The molecular formula is C10H11NO2. The molecule has 0 aromatic heterocycles. The third-order valence-electron chi connectivity index (χ3n) is 1.82. The molecule has 0 amide bonds. The van der Waals surface area contributed by atoms with Gasteiger partial charge >= 0.3 is 0 Å². The van der Waals surface area contributed by atoms with Crippen LogP contribution in [-0.4, -0.2) is 13.2 Å². The van der Waals surface area contributed by atoms with E-state index >= 15 is 0 Å². The van der Waals surface area contributed by atoms with Gasteiger partial charge in [-0.3, -0.25) is 0 Å². The highest BCUT2D eigenvalue weighted by Gasteiger charge is 2.00. The van der Waals surface area contributed by atoms with Crippen molar-refractivity contribution < 1.29 is 9.53 Å². The third kappa shape index (κ3) is 2.17. The number of benzene rings is 1. The summed E-state index contributed by atoms with van der Waals surface area (Å²) in [5.41, 5.74) is 1.66. The van der Waals surface area contributed by atoms with Gasteiger partial charge in [0.25, 0.3) is 0 Å². The SMILES string of the molecule is CCc1cc(N=C=O)ccc1OC. The average Bonchev–Trinajstić information content (AvgIpc) is 2.18. The second-order valence-electron chi connectivity index (χ2n) is 2.55. The molecule has 1 aromatic carbocycles. The Hall–Kier alpha value is -1.60. The third-order valence-corrected chi connectivity index (χ3v) is 1.82. The van der Waals surface area contributed by atoms with E-state index in [4.69, 9.17) is 4.74 Å². The standard InChI is InChI=1S/C10H11NO2/c1-3-8-6-9(11-7-12)4-5-10(8)13-2/h4-6H,3H2,1-2H3. The minimum absolute atomic E-state index is 0.618. The van der Waals surface area contributed by atoms with Gasteiger partial charge in [-0.1, -0.05) is 6.92 Å². The highest BCUT2D eigenvalue weighted by molar-refractivity contribution is 5.53. The molecule has 0 spiro atoms. The number of carbonyl (C=O) groups excluding carboxylic acids is 1. The van der Waals surface area contributed by atoms with Crippen LogP contribution in [0.5, 0.6) is 5.75 Å². The van der Waals surface area contributed by atoms with Crippen molar-refractivity contribution in [1.29, 1.82) is 0 Å². The topological polar surface area (TPSA) is 38.7 Å². The maximum absolute atomic E-state index is 10.0. The molecule has 0 heterocycles. The Kier molecular flexibility index (Phi) is 3.23. The summed E-state index contributed by atoms with van der Waals surface area (Å²) in [5.74, 6) is 0.826. The number of methoxy groups -OCH3 is 1. The summed E-state index contributed by atoms with van der Waals surface area (Å²) in [6, 6.07) is 5.35. The first kappa shape index (κ1) is 9.49. The van der Waals surface area contributed by atoms with E-state index < -0.39 is 0 Å². The van der Waals surface area contributed by atoms with E-state index in [1.165, 1.54) is 6.08 Å². The lowest BCUT2D eigenvalue weighted by Gasteiger charge is -2.05. The minimum atomic E-state index is 0.618. The van der Waals surface area contributed by atoms with Crippen molar-refractivity contribution in [2.45, 2.75) is 13.3 Å². The van der Waals surface area contributed by atoms with Crippen LogP contribution in [0.3, 0.4) is 0 Å². The summed E-state index contributed by atoms with van der Waals surface area (Å²) in [4.78, 5) is 13.5. The van der Waals surface area contributed by atoms with Gasteiger partial charge in [-0.15, -0.1) is 0 Å². The summed E-state index contributed by atoms with van der Waals surface area (Å²) in [5, 5.41) is 0. The van der Waals surface area contributed by atoms with E-state index in [9.17, 15) is 4.79 Å². The number of rotatable bonds is 3. The van der Waals surface area contributed by atoms with Crippen molar-refractivity contribution in [3.8, 4) is 5.75 Å². The maximum atomic E-state index is 10.0. The number of isocyanates is 1. The van der Waals surface area contributed by atoms with E-state index in [0.29, 0.717) is 5.69 Å². The molecule has 3 heteroatoms. The smallest absolute Gasteiger partial charge is 0.240 e. The van der Waals surface area contributed by atoms with E-state index in [1.807, 2.05) is 13.0 Å². The summed E-state index contributed by atoms with van der Waals surface area (Å²) in [6.45, 7) is 2.02. The lowest BCUT2D eigenvalue weighted by molar-refractivity contribution is 0.410. The van der Waals surface area contributed by atoms with E-state index in [0.717, 1.165) is 17.7 Å². The Bertz CT molecular complexity index is 341. The second-order valence-corrected chi connectivity index (χ2v) is 2.55. The zero-order valence-electron chi connectivity index (χ0n) is 7.70. The first-order chi connectivity index (χ1) is 6.31. The Balaban J connectivity index is 3.12. The number of ether oxygens (including phenoxy) is 1. The van der Waals surface area contributed by atoms with Crippen LogP contribution in [0.4, 0.5) is 5.69 Å². The van der Waals surface area contributed by atoms with Crippen LogP contribution in [0.15, 0.2) is 23.2 Å². The van der Waals surface area contributed by atoms with Crippen molar-refractivity contribution in [1.82, 2.24) is 0 Å². The van der Waals surface area contributed by atoms with Crippen molar-refractivity contribution >= 4 is 11.8 Å². The van der Waals surface area contributed by atoms with E-state index in [-0.39, 0.29) is 0 Å². The van der Waals surface area contributed by atoms with Crippen LogP contribution in [0, 0.1) is 0 Å². The molecule has 0 saturated heterocycles. The molecule has 13 heavy (non-hydrogen) atoms. The van der Waals surface area contributed by atoms with Gasteiger partial charge in [0.1, 0.15) is 5.75 Å². The molecule has 0 bridgehead atoms. The van der Waals surface area contributed by atoms with Crippen molar-refractivity contribution in [3.63, 3.8) is 0 Å². The molecule has 68 valence electrons. The Morgan fingerprint density at radius 1 is 1.54 bits per heavy atom. The summed E-state index contributed by atoms with van der Waals surface area (Å²) in [7, 11) is 1.62. The van der Waals surface area contributed by atoms with E-state index in [1.54, 1.807) is 19.2 Å². The summed E-state index contributed by atoms with van der Waals surface area (Å²) in [6.07, 6.45) is 2.36. The Labute approximate surface area is 77.1 Å². The summed E-state index contributed by atoms with van der Waals surface area (Å²) >= 11 is 0. The molecule has 1 aromatic rings. The Morgan fingerprint density at radius 3 is 2.85 bits per heavy atom. The van der Waals surface area contributed by atoms with Crippen LogP contribution >= 0.6 is 0 Å². The molecule has 0 N–H and O–H groups in total. The Morgan fingerprint density at radius 2 is 2.31 bits per heavy atom. The predicted octanol–water partition coefficient (Wildman–Crippen LogP) is 2.22. The van der Waals surface area contributed by atoms with Gasteiger partial charge in [-0.25, -0.2) is 4.79 Å². The fourth-order valence-electron chi connectivity index (χ4n) is 1.16. The van der Waals surface area contributed by atoms with E-state index in [2.05, 4.69) is 4.99 Å². The van der Waals surface area contributed by atoms with Crippen LogP contribution in [-0.2, 0) is 11.2 Å². The average molecular weight is 177 g/mol. The molecule has 0 aliphatic rings. The van der Waals surface area contributed by atoms with Gasteiger partial charge in [0.15, 0.2) is 0 Å². The fourth-order valence-corrected chi connectivity index (χ4v) is 1.16. The van der Waals surface area contributed by atoms with Crippen molar-refractivity contribution in [3.05, 3.63) is 23.8 Å². The number of hydrogen-bond donors (Lipinski definition) is 0. The van der Waals surface area contributed by atoms with Gasteiger partial charge in [0.2, 0.25) is 6.08 Å². The normalized spacial score (nSPS) is 9.08. The van der Waals surface area contributed by atoms with Crippen LogP contribution in [0.25, 0.3) is 0 Å². The largest absolute Gasteiger partial charge is 0.496 e. The number of aryl methyl sites for hydroxylation is 1. The molecule has 0 fully saturated rings. The molecule has 0 radical (unpaired) electrons. The van der Waals surface area contributed by atoms with Gasteiger partial charge in [-0.2, -0.15) is 4.99 Å². The van der Waals surface area contributed by atoms with Gasteiger partial charge in [0, 0.05) is 0 Å². The number of hydrogen-bond acceptors (Lipinski definition) is 3. The zero-order valence-corrected chi connectivity index (χ0v) is 7.70. The fraction of sp³-hybridized carbons (Fsp3) is 0.300. The highest BCUT2D eigenvalue weighted by atomic mass is 16.5. The molecule has 0 aliphatic carbocycles. The molecule has 0 aliphatic heterocycles. The summed E-state index contributed by atoms with van der Waals surface area (Å²) < 4.78 is 5.13. The molecule has 0 atom stereocenters. The van der Waals surface area contributed by atoms with Crippen molar-refractivity contribution in [2.24, 2.45) is 4.99 Å². The minimum Gasteiger partial charge on any atom is -0.496 e. The first-order valence-corrected chi connectivity index (χ1v) is 4.06. The quantitative estimate of drug-likeness (QED) is 0.524. The van der Waals surface area contributed by atoms with Gasteiger partial charge in [-0.05, 0) is 30.2 Å². The van der Waals surface area contributed by atoms with Crippen LogP contribution in [0.1, 0.15) is 12.5 Å². The molecule has 3 nitrogen and oxygen atoms in total. The first-order valence-electron chi connectivity index (χ1n) is 4.06.